The lowest BCUT2D eigenvalue weighted by Gasteiger charge is -2.20. The molecule has 128 valence electrons. The van der Waals surface area contributed by atoms with Crippen LogP contribution in [0.5, 0.6) is 0 Å². The molecule has 1 unspecified atom stereocenters. The highest BCUT2D eigenvalue weighted by Crippen LogP contribution is 2.31. The van der Waals surface area contributed by atoms with Crippen LogP contribution in [0.4, 0.5) is 11.8 Å². The van der Waals surface area contributed by atoms with Gasteiger partial charge in [-0.2, -0.15) is 4.98 Å². The number of rotatable bonds is 3. The van der Waals surface area contributed by atoms with Crippen LogP contribution in [0.15, 0.2) is 36.4 Å². The molecule has 6 nitrogen and oxygen atoms in total. The molecule has 1 atom stereocenters. The van der Waals surface area contributed by atoms with Crippen LogP contribution in [0.2, 0.25) is 10.0 Å². The topological polar surface area (TPSA) is 107 Å². The third kappa shape index (κ3) is 3.60. The third-order valence-electron chi connectivity index (χ3n) is 3.72. The summed E-state index contributed by atoms with van der Waals surface area (Å²) in [6.07, 6.45) is 0. The Labute approximate surface area is 154 Å². The molecule has 5 N–H and O–H groups in total. The molecule has 0 aliphatic heterocycles. The zero-order valence-electron chi connectivity index (χ0n) is 13.3. The van der Waals surface area contributed by atoms with Crippen molar-refractivity contribution in [1.82, 2.24) is 15.3 Å². The number of carbonyl (C=O) groups is 1. The molecule has 0 saturated carbocycles. The predicted molar refractivity (Wildman–Crippen MR) is 100 cm³/mol. The lowest BCUT2D eigenvalue weighted by Crippen LogP contribution is -2.27. The number of nitrogen functional groups attached to an aromatic ring is 2. The minimum atomic E-state index is -0.423. The molecule has 0 aliphatic carbocycles. The third-order valence-corrected chi connectivity index (χ3v) is 4.46. The van der Waals surface area contributed by atoms with Crippen LogP contribution >= 0.6 is 23.2 Å². The summed E-state index contributed by atoms with van der Waals surface area (Å²) in [5.41, 5.74) is 13.8. The first-order valence-electron chi connectivity index (χ1n) is 7.40. The van der Waals surface area contributed by atoms with Gasteiger partial charge >= 0.3 is 0 Å². The van der Waals surface area contributed by atoms with E-state index in [2.05, 4.69) is 15.3 Å². The Kier molecular flexibility index (Phi) is 4.65. The Morgan fingerprint density at radius 3 is 2.40 bits per heavy atom. The minimum Gasteiger partial charge on any atom is -0.383 e. The van der Waals surface area contributed by atoms with E-state index in [4.69, 9.17) is 34.7 Å². The summed E-state index contributed by atoms with van der Waals surface area (Å²) >= 11 is 12.1. The van der Waals surface area contributed by atoms with E-state index in [0.29, 0.717) is 20.9 Å². The summed E-state index contributed by atoms with van der Waals surface area (Å²) < 4.78 is 0. The maximum atomic E-state index is 11.7. The molecule has 2 aromatic carbocycles. The second kappa shape index (κ2) is 6.74. The van der Waals surface area contributed by atoms with E-state index >= 15 is 0 Å². The highest BCUT2D eigenvalue weighted by molar-refractivity contribution is 6.42. The SMILES string of the molecule is CC(=O)NC(c1ccc(Cl)c(Cl)c1)c1ccc2nc(N)nc(N)c2c1. The largest absolute Gasteiger partial charge is 0.383 e. The molecule has 0 bridgehead atoms. The molecule has 1 amide bonds. The molecule has 0 aliphatic rings. The highest BCUT2D eigenvalue weighted by Gasteiger charge is 2.18. The second-order valence-electron chi connectivity index (χ2n) is 5.55. The van der Waals surface area contributed by atoms with Crippen LogP contribution in [0.1, 0.15) is 24.1 Å². The maximum Gasteiger partial charge on any atom is 0.222 e. The van der Waals surface area contributed by atoms with Gasteiger partial charge in [0.25, 0.3) is 0 Å². The summed E-state index contributed by atoms with van der Waals surface area (Å²) in [4.78, 5) is 19.8. The van der Waals surface area contributed by atoms with Crippen molar-refractivity contribution in [2.45, 2.75) is 13.0 Å². The fourth-order valence-electron chi connectivity index (χ4n) is 2.62. The van der Waals surface area contributed by atoms with Gasteiger partial charge in [-0.25, -0.2) is 4.98 Å². The number of anilines is 2. The fraction of sp³-hybridized carbons (Fsp3) is 0.118. The predicted octanol–water partition coefficient (Wildman–Crippen LogP) is 3.33. The lowest BCUT2D eigenvalue weighted by molar-refractivity contribution is -0.119. The fourth-order valence-corrected chi connectivity index (χ4v) is 2.93. The van der Waals surface area contributed by atoms with Gasteiger partial charge in [-0.3, -0.25) is 4.79 Å². The van der Waals surface area contributed by atoms with Gasteiger partial charge in [-0.1, -0.05) is 35.3 Å². The van der Waals surface area contributed by atoms with Gasteiger partial charge in [0.1, 0.15) is 5.82 Å². The molecule has 0 fully saturated rings. The normalized spacial score (nSPS) is 12.1. The van der Waals surface area contributed by atoms with Gasteiger partial charge in [0.15, 0.2) is 0 Å². The first-order chi connectivity index (χ1) is 11.8. The van der Waals surface area contributed by atoms with Gasteiger partial charge in [0.05, 0.1) is 21.6 Å². The number of carbonyl (C=O) groups excluding carboxylic acids is 1. The van der Waals surface area contributed by atoms with Crippen LogP contribution in [0.3, 0.4) is 0 Å². The Hall–Kier alpha value is -2.57. The van der Waals surface area contributed by atoms with Crippen LogP contribution in [-0.4, -0.2) is 15.9 Å². The molecule has 8 heteroatoms. The van der Waals surface area contributed by atoms with Crippen molar-refractivity contribution in [3.05, 3.63) is 57.6 Å². The van der Waals surface area contributed by atoms with Gasteiger partial charge in [-0.15, -0.1) is 0 Å². The van der Waals surface area contributed by atoms with Gasteiger partial charge < -0.3 is 16.8 Å². The molecule has 1 aromatic heterocycles. The van der Waals surface area contributed by atoms with E-state index in [1.807, 2.05) is 18.2 Å². The van der Waals surface area contributed by atoms with E-state index in [9.17, 15) is 4.79 Å². The van der Waals surface area contributed by atoms with E-state index in [-0.39, 0.29) is 17.7 Å². The standard InChI is InChI=1S/C17H15Cl2N5O/c1-8(25)22-15(10-2-4-12(18)13(19)7-10)9-3-5-14-11(6-9)16(20)24-17(21)23-14/h2-7,15H,1H3,(H,22,25)(H4,20,21,23,24). The number of hydrogen-bond donors (Lipinski definition) is 3. The van der Waals surface area contributed by atoms with Crippen molar-refractivity contribution in [1.29, 1.82) is 0 Å². The van der Waals surface area contributed by atoms with Crippen molar-refractivity contribution >= 4 is 51.8 Å². The number of nitrogens with two attached hydrogens (primary N) is 2. The zero-order chi connectivity index (χ0) is 18.1. The first kappa shape index (κ1) is 17.3. The number of amides is 1. The van der Waals surface area contributed by atoms with Crippen LogP contribution in [-0.2, 0) is 4.79 Å². The monoisotopic (exact) mass is 375 g/mol. The number of nitrogens with zero attached hydrogens (tertiary/aromatic N) is 2. The van der Waals surface area contributed by atoms with Crippen LogP contribution in [0, 0.1) is 0 Å². The van der Waals surface area contributed by atoms with Crippen molar-refractivity contribution in [2.75, 3.05) is 11.5 Å². The number of halogens is 2. The smallest absolute Gasteiger partial charge is 0.222 e. The number of aromatic nitrogens is 2. The average molecular weight is 376 g/mol. The number of nitrogens with one attached hydrogen (secondary N) is 1. The summed E-state index contributed by atoms with van der Waals surface area (Å²) in [6, 6.07) is 10.2. The number of fused-ring (bicyclic) bond motifs is 1. The Morgan fingerprint density at radius 1 is 1.04 bits per heavy atom. The molecular weight excluding hydrogens is 361 g/mol. The molecule has 3 aromatic rings. The van der Waals surface area contributed by atoms with Crippen molar-refractivity contribution in [3.63, 3.8) is 0 Å². The molecular formula is C17H15Cl2N5O. The average Bonchev–Trinajstić information content (AvgIpc) is 2.55. The van der Waals surface area contributed by atoms with Gasteiger partial charge in [0.2, 0.25) is 11.9 Å². The maximum absolute atomic E-state index is 11.7. The summed E-state index contributed by atoms with van der Waals surface area (Å²) in [7, 11) is 0. The van der Waals surface area contributed by atoms with Crippen LogP contribution < -0.4 is 16.8 Å². The Balaban J connectivity index is 2.14. The zero-order valence-corrected chi connectivity index (χ0v) is 14.8. The molecule has 25 heavy (non-hydrogen) atoms. The number of hydrogen-bond acceptors (Lipinski definition) is 5. The molecule has 0 radical (unpaired) electrons. The van der Waals surface area contributed by atoms with Crippen LogP contribution in [0.25, 0.3) is 10.9 Å². The van der Waals surface area contributed by atoms with E-state index < -0.39 is 6.04 Å². The quantitative estimate of drug-likeness (QED) is 0.650. The second-order valence-corrected chi connectivity index (χ2v) is 6.37. The first-order valence-corrected chi connectivity index (χ1v) is 8.15. The minimum absolute atomic E-state index is 0.112. The van der Waals surface area contributed by atoms with Gasteiger partial charge in [0, 0.05) is 12.3 Å². The summed E-state index contributed by atoms with van der Waals surface area (Å²) in [5, 5.41) is 4.41. The Bertz CT molecular complexity index is 977. The van der Waals surface area contributed by atoms with E-state index in [1.54, 1.807) is 18.2 Å². The van der Waals surface area contributed by atoms with Crippen molar-refractivity contribution < 1.29 is 4.79 Å². The summed E-state index contributed by atoms with van der Waals surface area (Å²) in [6.45, 7) is 1.45. The molecule has 0 spiro atoms. The van der Waals surface area contributed by atoms with E-state index in [1.165, 1.54) is 6.92 Å². The van der Waals surface area contributed by atoms with Crippen molar-refractivity contribution in [3.8, 4) is 0 Å². The van der Waals surface area contributed by atoms with E-state index in [0.717, 1.165) is 11.1 Å². The van der Waals surface area contributed by atoms with Crippen molar-refractivity contribution in [2.24, 2.45) is 0 Å². The highest BCUT2D eigenvalue weighted by atomic mass is 35.5. The number of benzene rings is 2. The molecule has 3 rings (SSSR count). The summed E-state index contributed by atoms with van der Waals surface area (Å²) in [5.74, 6) is 0.207. The lowest BCUT2D eigenvalue weighted by atomic mass is 9.97. The molecule has 0 saturated heterocycles. The van der Waals surface area contributed by atoms with Gasteiger partial charge in [-0.05, 0) is 35.4 Å². The Morgan fingerprint density at radius 2 is 1.72 bits per heavy atom. The molecule has 1 heterocycles.